The molecule has 1 heterocycles. The molecule has 1 aliphatic heterocycles. The Bertz CT molecular complexity index is 468. The van der Waals surface area contributed by atoms with Crippen molar-refractivity contribution in [1.82, 2.24) is 4.90 Å². The number of ether oxygens (including phenoxy) is 1. The van der Waals surface area contributed by atoms with Crippen molar-refractivity contribution in [3.05, 3.63) is 30.1 Å². The van der Waals surface area contributed by atoms with Crippen molar-refractivity contribution < 1.29 is 13.9 Å². The molecule has 1 saturated heterocycles. The number of carbonyl (C=O) groups excluding carboxylic acids is 1. The van der Waals surface area contributed by atoms with E-state index in [4.69, 9.17) is 4.74 Å². The number of anilines is 1. The first kappa shape index (κ1) is 13.8. The van der Waals surface area contributed by atoms with Gasteiger partial charge in [0.05, 0.1) is 12.8 Å². The van der Waals surface area contributed by atoms with Crippen LogP contribution < -0.4 is 5.32 Å². The van der Waals surface area contributed by atoms with Gasteiger partial charge < -0.3 is 15.0 Å². The summed E-state index contributed by atoms with van der Waals surface area (Å²) in [5, 5.41) is 3.04. The summed E-state index contributed by atoms with van der Waals surface area (Å²) in [7, 11) is 3.30. The summed E-state index contributed by atoms with van der Waals surface area (Å²) in [5.74, 6) is -0.722. The van der Waals surface area contributed by atoms with Gasteiger partial charge in [-0.3, -0.25) is 0 Å². The van der Waals surface area contributed by atoms with Crippen LogP contribution in [0.15, 0.2) is 24.3 Å². The number of rotatable bonds is 3. The summed E-state index contributed by atoms with van der Waals surface area (Å²) in [6, 6.07) is 6.59. The van der Waals surface area contributed by atoms with Crippen LogP contribution in [0.25, 0.3) is 0 Å². The predicted molar refractivity (Wildman–Crippen MR) is 71.5 cm³/mol. The molecule has 1 N–H and O–H groups in total. The molecule has 1 aliphatic rings. The number of carbonyl (C=O) groups is 1. The number of benzene rings is 1. The number of halogens is 1. The first-order valence-corrected chi connectivity index (χ1v) is 6.30. The highest BCUT2D eigenvalue weighted by molar-refractivity contribution is 5.85. The number of methoxy groups -OCH3 is 1. The van der Waals surface area contributed by atoms with Crippen LogP contribution in [0.1, 0.15) is 13.3 Å². The Kier molecular flexibility index (Phi) is 3.75. The lowest BCUT2D eigenvalue weighted by atomic mass is 9.95. The van der Waals surface area contributed by atoms with Gasteiger partial charge in [0.1, 0.15) is 11.4 Å². The molecule has 0 spiro atoms. The van der Waals surface area contributed by atoms with Gasteiger partial charge in [-0.2, -0.15) is 0 Å². The molecule has 0 radical (unpaired) electrons. The monoisotopic (exact) mass is 266 g/mol. The maximum absolute atomic E-state index is 13.7. The topological polar surface area (TPSA) is 41.6 Å². The molecule has 0 amide bonds. The Labute approximate surface area is 112 Å². The highest BCUT2D eigenvalue weighted by Crippen LogP contribution is 2.31. The summed E-state index contributed by atoms with van der Waals surface area (Å²) in [6.07, 6.45) is 0.588. The lowest BCUT2D eigenvalue weighted by molar-refractivity contribution is -0.145. The van der Waals surface area contributed by atoms with Gasteiger partial charge in [0.15, 0.2) is 0 Å². The van der Waals surface area contributed by atoms with Crippen molar-refractivity contribution >= 4 is 11.7 Å². The number of esters is 1. The van der Waals surface area contributed by atoms with Gasteiger partial charge in [0.2, 0.25) is 0 Å². The van der Waals surface area contributed by atoms with Crippen molar-refractivity contribution in [2.45, 2.75) is 24.9 Å². The molecule has 2 unspecified atom stereocenters. The van der Waals surface area contributed by atoms with E-state index in [2.05, 4.69) is 10.2 Å². The molecule has 2 atom stereocenters. The third kappa shape index (κ3) is 2.56. The Hall–Kier alpha value is -1.62. The van der Waals surface area contributed by atoms with Gasteiger partial charge in [0, 0.05) is 12.6 Å². The largest absolute Gasteiger partial charge is 0.467 e. The second-order valence-corrected chi connectivity index (χ2v) is 5.15. The van der Waals surface area contributed by atoms with Gasteiger partial charge in [-0.15, -0.1) is 0 Å². The van der Waals surface area contributed by atoms with Crippen molar-refractivity contribution in [2.24, 2.45) is 0 Å². The molecule has 2 rings (SSSR count). The van der Waals surface area contributed by atoms with E-state index in [-0.39, 0.29) is 17.8 Å². The molecule has 0 saturated carbocycles. The van der Waals surface area contributed by atoms with E-state index in [9.17, 15) is 9.18 Å². The molecule has 1 fully saturated rings. The number of para-hydroxylation sites is 1. The first-order chi connectivity index (χ1) is 8.98. The third-order valence-corrected chi connectivity index (χ3v) is 3.74. The van der Waals surface area contributed by atoms with E-state index in [1.54, 1.807) is 18.2 Å². The number of nitrogens with one attached hydrogen (secondary N) is 1. The van der Waals surface area contributed by atoms with Gasteiger partial charge in [0.25, 0.3) is 0 Å². The zero-order valence-electron chi connectivity index (χ0n) is 11.4. The molecule has 0 bridgehead atoms. The van der Waals surface area contributed by atoms with Gasteiger partial charge in [-0.1, -0.05) is 12.1 Å². The Morgan fingerprint density at radius 1 is 1.53 bits per heavy atom. The third-order valence-electron chi connectivity index (χ3n) is 3.74. The summed E-state index contributed by atoms with van der Waals surface area (Å²) in [5.41, 5.74) is -0.555. The van der Waals surface area contributed by atoms with Crippen LogP contribution in [0.2, 0.25) is 0 Å². The fraction of sp³-hybridized carbons (Fsp3) is 0.500. The minimum absolute atomic E-state index is 0.235. The zero-order chi connectivity index (χ0) is 14.0. The maximum atomic E-state index is 13.7. The molecule has 0 aliphatic carbocycles. The summed E-state index contributed by atoms with van der Waals surface area (Å²) in [4.78, 5) is 14.2. The van der Waals surface area contributed by atoms with Crippen LogP contribution in [0.5, 0.6) is 0 Å². The number of likely N-dealkylation sites (tertiary alicyclic amines) is 1. The number of likely N-dealkylation sites (N-methyl/N-ethyl adjacent to an activating group) is 1. The van der Waals surface area contributed by atoms with E-state index < -0.39 is 5.54 Å². The molecule has 5 heteroatoms. The lowest BCUT2D eigenvalue weighted by Crippen LogP contribution is -2.49. The molecule has 4 nitrogen and oxygen atoms in total. The second kappa shape index (κ2) is 5.17. The van der Waals surface area contributed by atoms with E-state index in [0.717, 1.165) is 0 Å². The van der Waals surface area contributed by atoms with Crippen LogP contribution in [0, 0.1) is 5.82 Å². The zero-order valence-corrected chi connectivity index (χ0v) is 11.4. The molecular weight excluding hydrogens is 247 g/mol. The normalized spacial score (nSPS) is 27.3. The molecule has 19 heavy (non-hydrogen) atoms. The van der Waals surface area contributed by atoms with Crippen LogP contribution in [0.4, 0.5) is 10.1 Å². The number of hydrogen-bond donors (Lipinski definition) is 1. The van der Waals surface area contributed by atoms with Crippen molar-refractivity contribution in [3.8, 4) is 0 Å². The number of nitrogens with zero attached hydrogens (tertiary/aromatic N) is 1. The summed E-state index contributed by atoms with van der Waals surface area (Å²) in [6.45, 7) is 2.53. The van der Waals surface area contributed by atoms with Crippen molar-refractivity contribution in [3.63, 3.8) is 0 Å². The number of hydrogen-bond acceptors (Lipinski definition) is 4. The fourth-order valence-corrected chi connectivity index (χ4v) is 2.61. The quantitative estimate of drug-likeness (QED) is 0.848. The average Bonchev–Trinajstić information content (AvgIpc) is 2.68. The smallest absolute Gasteiger partial charge is 0.332 e. The molecular formula is C14H19FN2O2. The minimum atomic E-state index is -0.884. The highest BCUT2D eigenvalue weighted by atomic mass is 19.1. The SMILES string of the molecule is COC(=O)C1(Nc2ccccc2F)CC(C)N(C)C1. The highest BCUT2D eigenvalue weighted by Gasteiger charge is 2.48. The van der Waals surface area contributed by atoms with Gasteiger partial charge >= 0.3 is 5.97 Å². The fourth-order valence-electron chi connectivity index (χ4n) is 2.61. The second-order valence-electron chi connectivity index (χ2n) is 5.15. The first-order valence-electron chi connectivity index (χ1n) is 6.30. The summed E-state index contributed by atoms with van der Waals surface area (Å²) >= 11 is 0. The summed E-state index contributed by atoms with van der Waals surface area (Å²) < 4.78 is 18.6. The molecule has 0 aromatic heterocycles. The lowest BCUT2D eigenvalue weighted by Gasteiger charge is -2.28. The predicted octanol–water partition coefficient (Wildman–Crippen LogP) is 1.87. The van der Waals surface area contributed by atoms with Gasteiger partial charge in [-0.25, -0.2) is 9.18 Å². The van der Waals surface area contributed by atoms with Crippen LogP contribution in [-0.2, 0) is 9.53 Å². The minimum Gasteiger partial charge on any atom is -0.467 e. The van der Waals surface area contributed by atoms with E-state index in [0.29, 0.717) is 18.7 Å². The Morgan fingerprint density at radius 2 is 2.21 bits per heavy atom. The van der Waals surface area contributed by atoms with Crippen LogP contribution in [0.3, 0.4) is 0 Å². The van der Waals surface area contributed by atoms with E-state index >= 15 is 0 Å². The van der Waals surface area contributed by atoms with Crippen molar-refractivity contribution in [1.29, 1.82) is 0 Å². The Balaban J connectivity index is 2.30. The van der Waals surface area contributed by atoms with Crippen LogP contribution >= 0.6 is 0 Å². The van der Waals surface area contributed by atoms with Gasteiger partial charge in [-0.05, 0) is 32.5 Å². The van der Waals surface area contributed by atoms with Crippen LogP contribution in [-0.4, -0.2) is 43.2 Å². The average molecular weight is 266 g/mol. The molecule has 1 aromatic carbocycles. The van der Waals surface area contributed by atoms with Crippen molar-refractivity contribution in [2.75, 3.05) is 26.0 Å². The van der Waals surface area contributed by atoms with E-state index in [1.165, 1.54) is 13.2 Å². The maximum Gasteiger partial charge on any atom is 0.332 e. The molecule has 104 valence electrons. The van der Waals surface area contributed by atoms with E-state index in [1.807, 2.05) is 14.0 Å². The standard InChI is InChI=1S/C14H19FN2O2/c1-10-8-14(9-17(10)2,13(18)19-3)16-12-7-5-4-6-11(12)15/h4-7,10,16H,8-9H2,1-3H3. The molecule has 1 aromatic rings. The Morgan fingerprint density at radius 3 is 2.74 bits per heavy atom.